The molecular formula is C28H27ClF3NO4. The van der Waals surface area contributed by atoms with Gasteiger partial charge in [0.25, 0.3) is 5.91 Å². The quantitative estimate of drug-likeness (QED) is 0.320. The lowest BCUT2D eigenvalue weighted by molar-refractivity contribution is -0.143. The van der Waals surface area contributed by atoms with Crippen molar-refractivity contribution in [1.29, 1.82) is 0 Å². The van der Waals surface area contributed by atoms with Gasteiger partial charge in [-0.05, 0) is 60.5 Å². The summed E-state index contributed by atoms with van der Waals surface area (Å²) in [6.45, 7) is 1.83. The zero-order chi connectivity index (χ0) is 26.8. The molecule has 196 valence electrons. The van der Waals surface area contributed by atoms with E-state index < -0.39 is 35.1 Å². The Morgan fingerprint density at radius 2 is 1.73 bits per heavy atom. The predicted molar refractivity (Wildman–Crippen MR) is 135 cm³/mol. The normalized spacial score (nSPS) is 15.9. The van der Waals surface area contributed by atoms with Crippen molar-refractivity contribution in [3.8, 4) is 5.75 Å². The van der Waals surface area contributed by atoms with Gasteiger partial charge in [-0.1, -0.05) is 55.6 Å². The SMILES string of the molecule is CCC1([C@H](NC(=O)c2ccc3ccc(Cl)cc3c2OCc2ccc(C(F)(F)F)cc2)C(=O)O)CCCC1. The second-order valence-corrected chi connectivity index (χ2v) is 9.90. The van der Waals surface area contributed by atoms with Crippen LogP contribution >= 0.6 is 11.6 Å². The van der Waals surface area contributed by atoms with Gasteiger partial charge >= 0.3 is 12.1 Å². The van der Waals surface area contributed by atoms with Gasteiger partial charge in [0, 0.05) is 15.8 Å². The lowest BCUT2D eigenvalue weighted by Gasteiger charge is -2.34. The molecule has 0 heterocycles. The van der Waals surface area contributed by atoms with E-state index in [0.717, 1.165) is 30.4 Å². The van der Waals surface area contributed by atoms with Crippen molar-refractivity contribution in [3.63, 3.8) is 0 Å². The Morgan fingerprint density at radius 1 is 1.08 bits per heavy atom. The van der Waals surface area contributed by atoms with Crippen molar-refractivity contribution in [2.75, 3.05) is 0 Å². The molecule has 2 N–H and O–H groups in total. The standard InChI is InChI=1S/C28H27ClF3NO4/c1-2-27(13-3-4-14-27)24(26(35)36)33-25(34)21-12-8-18-7-11-20(29)15-22(18)23(21)37-16-17-5-9-19(10-6-17)28(30,31)32/h5-12,15,24H,2-4,13-14,16H2,1H3,(H,33,34)(H,35,36)/t24-/m1/s1. The first kappa shape index (κ1) is 26.8. The molecular weight excluding hydrogens is 507 g/mol. The fourth-order valence-electron chi connectivity index (χ4n) is 5.16. The molecule has 0 aliphatic heterocycles. The molecule has 0 bridgehead atoms. The van der Waals surface area contributed by atoms with Crippen molar-refractivity contribution in [2.24, 2.45) is 5.41 Å². The van der Waals surface area contributed by atoms with Crippen molar-refractivity contribution in [1.82, 2.24) is 5.32 Å². The van der Waals surface area contributed by atoms with Gasteiger partial charge in [0.1, 0.15) is 18.4 Å². The average Bonchev–Trinajstić information content (AvgIpc) is 3.35. The number of carboxylic acids is 1. The summed E-state index contributed by atoms with van der Waals surface area (Å²) in [6.07, 6.45) is -0.592. The maximum absolute atomic E-state index is 13.5. The van der Waals surface area contributed by atoms with Crippen LogP contribution in [0.4, 0.5) is 13.2 Å². The summed E-state index contributed by atoms with van der Waals surface area (Å²) in [5, 5.41) is 14.4. The van der Waals surface area contributed by atoms with Gasteiger partial charge in [-0.3, -0.25) is 4.79 Å². The van der Waals surface area contributed by atoms with E-state index in [-0.39, 0.29) is 17.9 Å². The Morgan fingerprint density at radius 3 is 2.32 bits per heavy atom. The molecule has 37 heavy (non-hydrogen) atoms. The van der Waals surface area contributed by atoms with Crippen LogP contribution in [0.15, 0.2) is 54.6 Å². The summed E-state index contributed by atoms with van der Waals surface area (Å²) in [6, 6.07) is 11.8. The van der Waals surface area contributed by atoms with Gasteiger partial charge in [-0.25, -0.2) is 4.79 Å². The van der Waals surface area contributed by atoms with Crippen LogP contribution < -0.4 is 10.1 Å². The zero-order valence-corrected chi connectivity index (χ0v) is 21.0. The van der Waals surface area contributed by atoms with Crippen molar-refractivity contribution in [2.45, 2.75) is 57.9 Å². The summed E-state index contributed by atoms with van der Waals surface area (Å²) in [5.74, 6) is -1.51. The molecule has 0 aromatic heterocycles. The number of rotatable bonds is 8. The van der Waals surface area contributed by atoms with Crippen LogP contribution in [0.1, 0.15) is 60.5 Å². The predicted octanol–water partition coefficient (Wildman–Crippen LogP) is 7.24. The maximum atomic E-state index is 13.5. The molecule has 0 spiro atoms. The number of fused-ring (bicyclic) bond motifs is 1. The first-order valence-electron chi connectivity index (χ1n) is 12.1. The average molecular weight is 534 g/mol. The lowest BCUT2D eigenvalue weighted by atomic mass is 9.76. The number of nitrogens with one attached hydrogen (secondary N) is 1. The number of alkyl halides is 3. The molecule has 1 saturated carbocycles. The minimum absolute atomic E-state index is 0.106. The number of benzene rings is 3. The highest BCUT2D eigenvalue weighted by molar-refractivity contribution is 6.31. The van der Waals surface area contributed by atoms with E-state index in [1.807, 2.05) is 6.92 Å². The highest BCUT2D eigenvalue weighted by atomic mass is 35.5. The number of aliphatic carboxylic acids is 1. The Bertz CT molecular complexity index is 1300. The molecule has 0 radical (unpaired) electrons. The largest absolute Gasteiger partial charge is 0.487 e. The van der Waals surface area contributed by atoms with Crippen LogP contribution in [-0.4, -0.2) is 23.0 Å². The summed E-state index contributed by atoms with van der Waals surface area (Å²) < 4.78 is 44.8. The van der Waals surface area contributed by atoms with Crippen LogP contribution in [0, 0.1) is 5.41 Å². The van der Waals surface area contributed by atoms with E-state index in [0.29, 0.717) is 35.2 Å². The number of hydrogen-bond donors (Lipinski definition) is 2. The monoisotopic (exact) mass is 533 g/mol. The van der Waals surface area contributed by atoms with E-state index in [9.17, 15) is 27.9 Å². The lowest BCUT2D eigenvalue weighted by Crippen LogP contribution is -2.51. The topological polar surface area (TPSA) is 75.6 Å². The third-order valence-corrected chi connectivity index (χ3v) is 7.52. The second kappa shape index (κ2) is 10.6. The summed E-state index contributed by atoms with van der Waals surface area (Å²) in [5.41, 5.74) is -0.706. The Labute approximate surface area is 217 Å². The summed E-state index contributed by atoms with van der Waals surface area (Å²) >= 11 is 6.21. The van der Waals surface area contributed by atoms with Gasteiger partial charge in [-0.2, -0.15) is 13.2 Å². The number of ether oxygens (including phenoxy) is 1. The third kappa shape index (κ3) is 5.69. The Kier molecular flexibility index (Phi) is 7.69. The fraction of sp³-hybridized carbons (Fsp3) is 0.357. The summed E-state index contributed by atoms with van der Waals surface area (Å²) in [7, 11) is 0. The molecule has 0 saturated heterocycles. The van der Waals surface area contributed by atoms with Crippen LogP contribution in [0.5, 0.6) is 5.75 Å². The molecule has 1 amide bonds. The Balaban J connectivity index is 1.67. The van der Waals surface area contributed by atoms with Crippen LogP contribution in [0.2, 0.25) is 5.02 Å². The molecule has 1 atom stereocenters. The number of carbonyl (C=O) groups excluding carboxylic acids is 1. The minimum Gasteiger partial charge on any atom is -0.487 e. The molecule has 1 fully saturated rings. The van der Waals surface area contributed by atoms with Gasteiger partial charge in [0.05, 0.1) is 11.1 Å². The van der Waals surface area contributed by atoms with Gasteiger partial charge in [0.15, 0.2) is 0 Å². The third-order valence-electron chi connectivity index (χ3n) is 7.28. The van der Waals surface area contributed by atoms with Gasteiger partial charge in [-0.15, -0.1) is 0 Å². The highest BCUT2D eigenvalue weighted by Crippen LogP contribution is 2.44. The zero-order valence-electron chi connectivity index (χ0n) is 20.2. The van der Waals surface area contributed by atoms with E-state index in [4.69, 9.17) is 16.3 Å². The smallest absolute Gasteiger partial charge is 0.416 e. The van der Waals surface area contributed by atoms with E-state index in [2.05, 4.69) is 5.32 Å². The summed E-state index contributed by atoms with van der Waals surface area (Å²) in [4.78, 5) is 25.7. The molecule has 0 unspecified atom stereocenters. The number of halogens is 4. The number of carbonyl (C=O) groups is 2. The van der Waals surface area contributed by atoms with E-state index >= 15 is 0 Å². The molecule has 9 heteroatoms. The highest BCUT2D eigenvalue weighted by Gasteiger charge is 2.45. The van der Waals surface area contributed by atoms with Crippen molar-refractivity contribution < 1.29 is 32.6 Å². The number of hydrogen-bond acceptors (Lipinski definition) is 3. The molecule has 4 rings (SSSR count). The maximum Gasteiger partial charge on any atom is 0.416 e. The fourth-order valence-corrected chi connectivity index (χ4v) is 5.33. The van der Waals surface area contributed by atoms with Crippen LogP contribution in [0.3, 0.4) is 0 Å². The van der Waals surface area contributed by atoms with Gasteiger partial charge in [0.2, 0.25) is 0 Å². The molecule has 3 aromatic carbocycles. The second-order valence-electron chi connectivity index (χ2n) is 9.46. The number of carboxylic acid groups (broad SMARTS) is 1. The van der Waals surface area contributed by atoms with Crippen LogP contribution in [0.25, 0.3) is 10.8 Å². The van der Waals surface area contributed by atoms with Crippen molar-refractivity contribution >= 4 is 34.2 Å². The Hall–Kier alpha value is -3.26. The molecule has 1 aliphatic carbocycles. The van der Waals surface area contributed by atoms with Crippen LogP contribution in [-0.2, 0) is 17.6 Å². The molecule has 1 aliphatic rings. The minimum atomic E-state index is -4.45. The van der Waals surface area contributed by atoms with Crippen molar-refractivity contribution in [3.05, 3.63) is 76.3 Å². The van der Waals surface area contributed by atoms with Gasteiger partial charge < -0.3 is 15.2 Å². The van der Waals surface area contributed by atoms with E-state index in [1.165, 1.54) is 12.1 Å². The molecule has 3 aromatic rings. The first-order chi connectivity index (χ1) is 17.5. The first-order valence-corrected chi connectivity index (χ1v) is 12.5. The molecule has 5 nitrogen and oxygen atoms in total. The van der Waals surface area contributed by atoms with E-state index in [1.54, 1.807) is 30.3 Å². The number of amides is 1.